The zero-order valence-electron chi connectivity index (χ0n) is 15.7. The molecule has 0 aliphatic carbocycles. The molecule has 0 aliphatic rings. The zero-order valence-corrected chi connectivity index (χ0v) is 15.7. The monoisotopic (exact) mass is 376 g/mol. The number of aliphatic carboxylic acids is 3. The first kappa shape index (κ1) is 31.3. The van der Waals surface area contributed by atoms with Crippen LogP contribution in [0.3, 0.4) is 0 Å². The third-order valence-corrected chi connectivity index (χ3v) is 3.06. The highest BCUT2D eigenvalue weighted by atomic mass is 16.5. The van der Waals surface area contributed by atoms with Crippen molar-refractivity contribution in [3.63, 3.8) is 0 Å². The van der Waals surface area contributed by atoms with Crippen LogP contribution in [-0.4, -0.2) is 49.7 Å². The van der Waals surface area contributed by atoms with E-state index in [2.05, 4.69) is 26.7 Å². The molecule has 0 heterocycles. The molecule has 0 radical (unpaired) electrons. The van der Waals surface area contributed by atoms with Crippen molar-refractivity contribution in [2.24, 2.45) is 5.41 Å². The molecule has 1 atom stereocenters. The molecule has 0 rings (SSSR count). The van der Waals surface area contributed by atoms with Gasteiger partial charge < -0.3 is 25.5 Å². The number of unbranched alkanes of at least 4 members (excludes halogenated alkanes) is 1. The lowest BCUT2D eigenvalue weighted by Gasteiger charge is -2.29. The minimum absolute atomic E-state index is 0.296. The fourth-order valence-electron chi connectivity index (χ4n) is 1.07. The normalized spacial score (nSPS) is 10.8. The number of hydrogen-bond donors (Lipinski definition) is 5. The van der Waals surface area contributed by atoms with Crippen molar-refractivity contribution >= 4 is 17.9 Å². The van der Waals surface area contributed by atoms with Gasteiger partial charge in [0, 0.05) is 23.6 Å². The average molecular weight is 376 g/mol. The van der Waals surface area contributed by atoms with E-state index in [0.29, 0.717) is 0 Å². The van der Waals surface area contributed by atoms with Crippen LogP contribution in [-0.2, 0) is 14.4 Å². The van der Waals surface area contributed by atoms with Crippen molar-refractivity contribution in [2.75, 3.05) is 0 Å². The summed E-state index contributed by atoms with van der Waals surface area (Å²) in [5.74, 6) is -2.94. The lowest BCUT2D eigenvalue weighted by Crippen LogP contribution is -2.31. The topological polar surface area (TPSA) is 152 Å². The van der Waals surface area contributed by atoms with Gasteiger partial charge in [0.25, 0.3) is 0 Å². The van der Waals surface area contributed by atoms with Crippen LogP contribution in [0, 0.1) is 5.41 Å². The molecule has 0 fully saturated rings. The van der Waals surface area contributed by atoms with Crippen molar-refractivity contribution in [1.29, 1.82) is 0 Å². The SMILES string of the molecule is C=CC(=O)O.C=CC(=O)O.C=CC(=O)O.CCCCC(C)(CC)C(O)O. The Hall–Kier alpha value is -2.45. The Bertz CT molecular complexity index is 386. The molecule has 0 aromatic carbocycles. The first-order chi connectivity index (χ1) is 11.9. The van der Waals surface area contributed by atoms with E-state index < -0.39 is 24.2 Å². The summed E-state index contributed by atoms with van der Waals surface area (Å²) < 4.78 is 0. The molecule has 0 saturated heterocycles. The lowest BCUT2D eigenvalue weighted by atomic mass is 9.82. The highest BCUT2D eigenvalue weighted by molar-refractivity contribution is 5.79. The van der Waals surface area contributed by atoms with Gasteiger partial charge in [-0.15, -0.1) is 0 Å². The van der Waals surface area contributed by atoms with E-state index >= 15 is 0 Å². The fraction of sp³-hybridized carbons (Fsp3) is 0.500. The molecule has 0 aromatic heterocycles. The summed E-state index contributed by atoms with van der Waals surface area (Å²) in [5.41, 5.74) is -0.296. The van der Waals surface area contributed by atoms with Gasteiger partial charge in [0.05, 0.1) is 0 Å². The van der Waals surface area contributed by atoms with Gasteiger partial charge in [-0.1, -0.05) is 53.3 Å². The van der Waals surface area contributed by atoms with Crippen LogP contribution in [0.5, 0.6) is 0 Å². The quantitative estimate of drug-likeness (QED) is 0.320. The van der Waals surface area contributed by atoms with E-state index in [1.807, 2.05) is 13.8 Å². The van der Waals surface area contributed by atoms with Crippen molar-refractivity contribution in [1.82, 2.24) is 0 Å². The fourth-order valence-corrected chi connectivity index (χ4v) is 1.07. The van der Waals surface area contributed by atoms with E-state index in [0.717, 1.165) is 43.9 Å². The van der Waals surface area contributed by atoms with Gasteiger partial charge in [0.1, 0.15) is 0 Å². The summed E-state index contributed by atoms with van der Waals surface area (Å²) in [6.45, 7) is 14.9. The van der Waals surface area contributed by atoms with Crippen LogP contribution in [0.1, 0.15) is 46.5 Å². The molecule has 0 amide bonds. The van der Waals surface area contributed by atoms with E-state index in [9.17, 15) is 14.4 Å². The molecular weight excluding hydrogens is 344 g/mol. The summed E-state index contributed by atoms with van der Waals surface area (Å²) in [5, 5.41) is 40.9. The predicted molar refractivity (Wildman–Crippen MR) is 99.6 cm³/mol. The van der Waals surface area contributed by atoms with Gasteiger partial charge >= 0.3 is 17.9 Å². The molecule has 0 aliphatic heterocycles. The average Bonchev–Trinajstić information content (AvgIpc) is 2.60. The van der Waals surface area contributed by atoms with Crippen molar-refractivity contribution in [3.05, 3.63) is 38.0 Å². The number of carboxylic acid groups (broad SMARTS) is 3. The molecule has 0 spiro atoms. The van der Waals surface area contributed by atoms with Gasteiger partial charge in [0.15, 0.2) is 6.29 Å². The van der Waals surface area contributed by atoms with Gasteiger partial charge in [-0.3, -0.25) is 0 Å². The van der Waals surface area contributed by atoms with Crippen LogP contribution < -0.4 is 0 Å². The third-order valence-electron chi connectivity index (χ3n) is 3.06. The van der Waals surface area contributed by atoms with Crippen LogP contribution in [0.2, 0.25) is 0 Å². The Labute approximate surface area is 154 Å². The van der Waals surface area contributed by atoms with Crippen LogP contribution in [0.15, 0.2) is 38.0 Å². The summed E-state index contributed by atoms with van der Waals surface area (Å²) in [7, 11) is 0. The Morgan fingerprint density at radius 1 is 0.885 bits per heavy atom. The molecule has 5 N–H and O–H groups in total. The number of rotatable bonds is 8. The summed E-state index contributed by atoms with van der Waals surface area (Å²) >= 11 is 0. The van der Waals surface area contributed by atoms with Gasteiger partial charge in [-0.05, 0) is 12.8 Å². The highest BCUT2D eigenvalue weighted by Crippen LogP contribution is 2.30. The van der Waals surface area contributed by atoms with E-state index in [4.69, 9.17) is 25.5 Å². The van der Waals surface area contributed by atoms with Crippen LogP contribution in [0.25, 0.3) is 0 Å². The molecule has 1 unspecified atom stereocenters. The summed E-state index contributed by atoms with van der Waals surface area (Å²) in [6.07, 6.45) is 5.24. The Morgan fingerprint density at radius 3 is 1.27 bits per heavy atom. The predicted octanol–water partition coefficient (Wildman–Crippen LogP) is 2.67. The smallest absolute Gasteiger partial charge is 0.327 e. The molecular formula is C18H32O8. The second-order valence-electron chi connectivity index (χ2n) is 5.11. The molecule has 0 bridgehead atoms. The van der Waals surface area contributed by atoms with E-state index in [1.54, 1.807) is 0 Å². The van der Waals surface area contributed by atoms with Gasteiger partial charge in [-0.2, -0.15) is 0 Å². The molecule has 0 aromatic rings. The first-order valence-corrected chi connectivity index (χ1v) is 7.80. The van der Waals surface area contributed by atoms with E-state index in [-0.39, 0.29) is 5.41 Å². The second kappa shape index (κ2) is 20.6. The van der Waals surface area contributed by atoms with Crippen molar-refractivity contribution in [2.45, 2.75) is 52.7 Å². The van der Waals surface area contributed by atoms with Gasteiger partial charge in [-0.25, -0.2) is 14.4 Å². The first-order valence-electron chi connectivity index (χ1n) is 7.80. The number of aliphatic hydroxyl groups is 2. The standard InChI is InChI=1S/C9H20O2.3C3H4O2/c1-4-6-7-9(3,5-2)8(10)11;3*1-2-3(4)5/h8,10-11H,4-7H2,1-3H3;3*2H,1H2,(H,4,5). The largest absolute Gasteiger partial charge is 0.478 e. The maximum absolute atomic E-state index is 9.25. The maximum Gasteiger partial charge on any atom is 0.327 e. The third kappa shape index (κ3) is 29.5. The molecule has 0 saturated carbocycles. The number of hydrogen-bond acceptors (Lipinski definition) is 5. The number of aliphatic hydroxyl groups excluding tert-OH is 1. The minimum Gasteiger partial charge on any atom is -0.478 e. The second-order valence-corrected chi connectivity index (χ2v) is 5.11. The minimum atomic E-state index is -1.17. The Morgan fingerprint density at radius 2 is 1.15 bits per heavy atom. The number of carboxylic acids is 3. The number of carbonyl (C=O) groups is 3. The van der Waals surface area contributed by atoms with Crippen LogP contribution >= 0.6 is 0 Å². The Kier molecular flexibility index (Phi) is 24.8. The Balaban J connectivity index is -0.000000136. The van der Waals surface area contributed by atoms with Crippen molar-refractivity contribution in [3.8, 4) is 0 Å². The summed E-state index contributed by atoms with van der Waals surface area (Å²) in [4.78, 5) is 27.8. The maximum atomic E-state index is 9.25. The van der Waals surface area contributed by atoms with Crippen LogP contribution in [0.4, 0.5) is 0 Å². The zero-order chi connectivity index (χ0) is 21.8. The molecule has 8 heteroatoms. The highest BCUT2D eigenvalue weighted by Gasteiger charge is 2.28. The lowest BCUT2D eigenvalue weighted by molar-refractivity contribution is -0.133. The van der Waals surface area contributed by atoms with E-state index in [1.165, 1.54) is 0 Å². The molecule has 8 nitrogen and oxygen atoms in total. The van der Waals surface area contributed by atoms with Crippen molar-refractivity contribution < 1.29 is 39.9 Å². The summed E-state index contributed by atoms with van der Waals surface area (Å²) in [6, 6.07) is 0. The van der Waals surface area contributed by atoms with Gasteiger partial charge in [0.2, 0.25) is 0 Å². The molecule has 152 valence electrons. The molecule has 26 heavy (non-hydrogen) atoms.